The van der Waals surface area contributed by atoms with Gasteiger partial charge in [0, 0.05) is 48.6 Å². The summed E-state index contributed by atoms with van der Waals surface area (Å²) in [5.74, 6) is 2.04. The van der Waals surface area contributed by atoms with Crippen LogP contribution in [0.3, 0.4) is 0 Å². The minimum absolute atomic E-state index is 0.0578. The second-order valence-corrected chi connectivity index (χ2v) is 13.1. The Morgan fingerprint density at radius 1 is 1.07 bits per heavy atom. The SMILES string of the molecule is CC(=O)NCCNCc1cc(C#N)c2oc(-c3cccc(-c4cccc(-c5nc6c(s5)CCC(C(C)C)N6)c4C)c3C)nc2c1. The van der Waals surface area contributed by atoms with E-state index < -0.39 is 0 Å². The van der Waals surface area contributed by atoms with Crippen LogP contribution >= 0.6 is 11.3 Å². The minimum Gasteiger partial charge on any atom is -0.435 e. The van der Waals surface area contributed by atoms with Crippen molar-refractivity contribution in [3.8, 4) is 39.2 Å². The molecule has 5 aromatic rings. The zero-order chi connectivity index (χ0) is 31.7. The van der Waals surface area contributed by atoms with Gasteiger partial charge < -0.3 is 20.4 Å². The van der Waals surface area contributed by atoms with Crippen molar-refractivity contribution < 1.29 is 9.21 Å². The van der Waals surface area contributed by atoms with Crippen molar-refractivity contribution in [2.24, 2.45) is 5.92 Å². The molecule has 1 atom stereocenters. The van der Waals surface area contributed by atoms with Gasteiger partial charge in [0.15, 0.2) is 5.58 Å². The van der Waals surface area contributed by atoms with Crippen LogP contribution in [-0.2, 0) is 17.8 Å². The number of aromatic nitrogens is 2. The number of nitrogens with one attached hydrogen (secondary N) is 3. The normalized spacial score (nSPS) is 14.3. The van der Waals surface area contributed by atoms with Gasteiger partial charge >= 0.3 is 0 Å². The maximum absolute atomic E-state index is 11.1. The number of hydrogen-bond acceptors (Lipinski definition) is 8. The van der Waals surface area contributed by atoms with E-state index in [1.165, 1.54) is 17.4 Å². The highest BCUT2D eigenvalue weighted by molar-refractivity contribution is 7.15. The second kappa shape index (κ2) is 12.8. The summed E-state index contributed by atoms with van der Waals surface area (Å²) < 4.78 is 6.25. The van der Waals surface area contributed by atoms with Gasteiger partial charge in [-0.2, -0.15) is 5.26 Å². The molecule has 1 amide bonds. The first-order valence-electron chi connectivity index (χ1n) is 15.5. The average Bonchev–Trinajstić information content (AvgIpc) is 3.65. The van der Waals surface area contributed by atoms with Crippen molar-refractivity contribution in [3.05, 3.63) is 75.7 Å². The summed E-state index contributed by atoms with van der Waals surface area (Å²) >= 11 is 1.79. The molecular formula is C36H38N6O2S. The molecule has 0 spiro atoms. The number of hydrogen-bond donors (Lipinski definition) is 3. The number of fused-ring (bicyclic) bond motifs is 2. The first-order valence-corrected chi connectivity index (χ1v) is 16.3. The van der Waals surface area contributed by atoms with Gasteiger partial charge in [0.05, 0.1) is 5.56 Å². The zero-order valence-corrected chi connectivity index (χ0v) is 27.2. The van der Waals surface area contributed by atoms with Crippen molar-refractivity contribution in [1.29, 1.82) is 5.26 Å². The van der Waals surface area contributed by atoms with Crippen LogP contribution in [0.25, 0.3) is 44.3 Å². The number of aryl methyl sites for hydroxylation is 1. The van der Waals surface area contributed by atoms with Crippen LogP contribution in [0.4, 0.5) is 5.82 Å². The molecule has 230 valence electrons. The number of thiazole rings is 1. The van der Waals surface area contributed by atoms with Gasteiger partial charge in [-0.1, -0.05) is 44.2 Å². The van der Waals surface area contributed by atoms with Gasteiger partial charge in [0.25, 0.3) is 0 Å². The van der Waals surface area contributed by atoms with E-state index in [0.29, 0.717) is 54.1 Å². The van der Waals surface area contributed by atoms with Crippen LogP contribution in [0.5, 0.6) is 0 Å². The van der Waals surface area contributed by atoms with E-state index >= 15 is 0 Å². The number of benzene rings is 3. The topological polar surface area (TPSA) is 116 Å². The molecule has 6 rings (SSSR count). The molecule has 1 aliphatic rings. The molecule has 0 fully saturated rings. The summed E-state index contributed by atoms with van der Waals surface area (Å²) in [5.41, 5.74) is 9.05. The molecular weight excluding hydrogens is 581 g/mol. The minimum atomic E-state index is -0.0578. The third-order valence-corrected chi connectivity index (χ3v) is 9.75. The lowest BCUT2D eigenvalue weighted by atomic mass is 9.91. The van der Waals surface area contributed by atoms with Gasteiger partial charge in [0.1, 0.15) is 22.4 Å². The number of amides is 1. The quantitative estimate of drug-likeness (QED) is 0.148. The van der Waals surface area contributed by atoms with Crippen LogP contribution in [0.15, 0.2) is 52.9 Å². The highest BCUT2D eigenvalue weighted by Crippen LogP contribution is 2.41. The number of anilines is 1. The fourth-order valence-corrected chi connectivity index (χ4v) is 7.18. The summed E-state index contributed by atoms with van der Waals surface area (Å²) in [6.45, 7) is 12.0. The Kier molecular flexibility index (Phi) is 8.70. The van der Waals surface area contributed by atoms with E-state index in [9.17, 15) is 10.1 Å². The van der Waals surface area contributed by atoms with Crippen molar-refractivity contribution in [1.82, 2.24) is 20.6 Å². The van der Waals surface area contributed by atoms with Gasteiger partial charge in [0.2, 0.25) is 11.8 Å². The molecule has 0 radical (unpaired) electrons. The lowest BCUT2D eigenvalue weighted by Gasteiger charge is -2.26. The fraction of sp³-hybridized carbons (Fsp3) is 0.333. The molecule has 9 heteroatoms. The summed E-state index contributed by atoms with van der Waals surface area (Å²) in [4.78, 5) is 22.3. The maximum Gasteiger partial charge on any atom is 0.227 e. The number of carbonyl (C=O) groups is 1. The molecule has 8 nitrogen and oxygen atoms in total. The van der Waals surface area contributed by atoms with E-state index in [0.717, 1.165) is 57.0 Å². The number of nitrogens with zero attached hydrogens (tertiary/aromatic N) is 3. The zero-order valence-electron chi connectivity index (χ0n) is 26.4. The Labute approximate surface area is 267 Å². The standard InChI is InChI=1S/C36H38N6O2S/c1-20(2)30-12-13-32-34(40-30)42-36(45-32)29-11-7-9-27(22(29)4)26-8-6-10-28(21(26)3)35-41-31-17-24(16-25(18-37)33(31)44-35)19-38-14-15-39-23(5)43/h6-11,16-17,20,30,38,40H,12-15,19H2,1-5H3,(H,39,43). The Bertz CT molecular complexity index is 1930. The van der Waals surface area contributed by atoms with Crippen molar-refractivity contribution in [2.45, 2.75) is 60.0 Å². The van der Waals surface area contributed by atoms with E-state index in [-0.39, 0.29) is 5.91 Å². The van der Waals surface area contributed by atoms with Crippen molar-refractivity contribution in [2.75, 3.05) is 18.4 Å². The third kappa shape index (κ3) is 6.21. The van der Waals surface area contributed by atoms with Crippen molar-refractivity contribution in [3.63, 3.8) is 0 Å². The van der Waals surface area contributed by atoms with Gasteiger partial charge in [-0.25, -0.2) is 9.97 Å². The third-order valence-electron chi connectivity index (χ3n) is 8.60. The van der Waals surface area contributed by atoms with E-state index in [4.69, 9.17) is 14.4 Å². The molecule has 0 aliphatic carbocycles. The van der Waals surface area contributed by atoms with E-state index in [1.807, 2.05) is 24.3 Å². The monoisotopic (exact) mass is 618 g/mol. The van der Waals surface area contributed by atoms with E-state index in [2.05, 4.69) is 74.0 Å². The summed E-state index contributed by atoms with van der Waals surface area (Å²) in [7, 11) is 0. The highest BCUT2D eigenvalue weighted by atomic mass is 32.1. The summed E-state index contributed by atoms with van der Waals surface area (Å²) in [5, 5.41) is 20.7. The average molecular weight is 619 g/mol. The summed E-state index contributed by atoms with van der Waals surface area (Å²) in [6, 6.07) is 19.1. The smallest absolute Gasteiger partial charge is 0.227 e. The van der Waals surface area contributed by atoms with Gasteiger partial charge in [-0.15, -0.1) is 11.3 Å². The predicted molar refractivity (Wildman–Crippen MR) is 181 cm³/mol. The molecule has 0 bridgehead atoms. The van der Waals surface area contributed by atoms with Crippen LogP contribution in [0.1, 0.15) is 54.3 Å². The number of nitriles is 1. The molecule has 1 unspecified atom stereocenters. The van der Waals surface area contributed by atoms with Crippen LogP contribution in [-0.4, -0.2) is 35.0 Å². The lowest BCUT2D eigenvalue weighted by molar-refractivity contribution is -0.118. The number of oxazole rings is 1. The van der Waals surface area contributed by atoms with E-state index in [1.54, 1.807) is 11.3 Å². The number of carbonyl (C=O) groups excluding carboxylic acids is 1. The molecule has 45 heavy (non-hydrogen) atoms. The van der Waals surface area contributed by atoms with Crippen LogP contribution < -0.4 is 16.0 Å². The Hall–Kier alpha value is -4.52. The Balaban J connectivity index is 1.30. The molecule has 1 aliphatic heterocycles. The molecule has 2 aromatic heterocycles. The molecule has 3 N–H and O–H groups in total. The lowest BCUT2D eigenvalue weighted by Crippen LogP contribution is -2.29. The van der Waals surface area contributed by atoms with Crippen LogP contribution in [0, 0.1) is 31.1 Å². The highest BCUT2D eigenvalue weighted by Gasteiger charge is 2.25. The van der Waals surface area contributed by atoms with Crippen LogP contribution in [0.2, 0.25) is 0 Å². The van der Waals surface area contributed by atoms with Gasteiger partial charge in [-0.05, 0) is 78.6 Å². The number of rotatable bonds is 9. The maximum atomic E-state index is 11.1. The first kappa shape index (κ1) is 30.5. The van der Waals surface area contributed by atoms with Crippen molar-refractivity contribution >= 4 is 34.2 Å². The largest absolute Gasteiger partial charge is 0.435 e. The fourth-order valence-electron chi connectivity index (χ4n) is 6.05. The molecule has 3 aromatic carbocycles. The van der Waals surface area contributed by atoms with Gasteiger partial charge in [-0.3, -0.25) is 4.79 Å². The first-order chi connectivity index (χ1) is 21.7. The molecule has 0 saturated carbocycles. The predicted octanol–water partition coefficient (Wildman–Crippen LogP) is 7.38. The second-order valence-electron chi connectivity index (χ2n) is 12.1. The Morgan fingerprint density at radius 3 is 2.49 bits per heavy atom. The summed E-state index contributed by atoms with van der Waals surface area (Å²) in [6.07, 6.45) is 2.21. The Morgan fingerprint density at radius 2 is 1.78 bits per heavy atom. The molecule has 0 saturated heterocycles. The molecule has 3 heterocycles.